The van der Waals surface area contributed by atoms with Crippen molar-refractivity contribution < 1.29 is 4.79 Å². The third-order valence-electron chi connectivity index (χ3n) is 4.50. The van der Waals surface area contributed by atoms with Crippen molar-refractivity contribution >= 4 is 18.3 Å². The molecule has 1 aliphatic rings. The Hall–Kier alpha value is -0.280. The highest BCUT2D eigenvalue weighted by molar-refractivity contribution is 5.85. The number of carbonyl (C=O) groups excluding carboxylic acids is 1. The van der Waals surface area contributed by atoms with Gasteiger partial charge in [0.05, 0.1) is 0 Å². The van der Waals surface area contributed by atoms with E-state index in [2.05, 4.69) is 19.2 Å². The molecule has 0 aromatic rings. The Bertz CT molecular complexity index is 247. The Morgan fingerprint density at radius 1 is 1.11 bits per heavy atom. The Balaban J connectivity index is 0.00000324. The van der Waals surface area contributed by atoms with E-state index in [4.69, 9.17) is 5.73 Å². The second-order valence-corrected chi connectivity index (χ2v) is 5.83. The van der Waals surface area contributed by atoms with E-state index in [1.54, 1.807) is 0 Å². The topological polar surface area (TPSA) is 55.1 Å². The van der Waals surface area contributed by atoms with Crippen molar-refractivity contribution in [2.75, 3.05) is 6.54 Å². The van der Waals surface area contributed by atoms with Crippen LogP contribution in [0, 0.1) is 5.92 Å². The molecule has 3 N–H and O–H groups in total. The highest BCUT2D eigenvalue weighted by atomic mass is 35.5. The van der Waals surface area contributed by atoms with Gasteiger partial charge in [-0.3, -0.25) is 4.79 Å². The monoisotopic (exact) mass is 290 g/mol. The zero-order valence-corrected chi connectivity index (χ0v) is 13.4. The summed E-state index contributed by atoms with van der Waals surface area (Å²) < 4.78 is 0. The van der Waals surface area contributed by atoms with Gasteiger partial charge in [0.15, 0.2) is 0 Å². The molecule has 0 aromatic heterocycles. The Morgan fingerprint density at radius 3 is 2.05 bits per heavy atom. The van der Waals surface area contributed by atoms with Crippen molar-refractivity contribution in [1.29, 1.82) is 0 Å². The number of hydrogen-bond donors (Lipinski definition) is 2. The van der Waals surface area contributed by atoms with Gasteiger partial charge in [-0.2, -0.15) is 0 Å². The second kappa shape index (κ2) is 9.60. The number of hydrogen-bond acceptors (Lipinski definition) is 2. The normalized spacial score (nSPS) is 18.1. The van der Waals surface area contributed by atoms with Crippen LogP contribution in [0.5, 0.6) is 0 Å². The molecule has 0 heterocycles. The van der Waals surface area contributed by atoms with Gasteiger partial charge >= 0.3 is 0 Å². The molecular formula is C15H31ClN2O. The number of rotatable bonds is 5. The van der Waals surface area contributed by atoms with Crippen molar-refractivity contribution in [2.45, 2.75) is 77.2 Å². The van der Waals surface area contributed by atoms with Crippen LogP contribution in [0.3, 0.4) is 0 Å². The standard InChI is InChI=1S/C15H30N2O.ClH/c1-3-15(16,4-2)12-17-14(18)13-10-8-6-5-7-9-11-13;/h13H,3-12,16H2,1-2H3,(H,17,18);1H. The highest BCUT2D eigenvalue weighted by Gasteiger charge is 2.24. The van der Waals surface area contributed by atoms with Gasteiger partial charge < -0.3 is 11.1 Å². The van der Waals surface area contributed by atoms with Crippen molar-refractivity contribution in [3.63, 3.8) is 0 Å². The van der Waals surface area contributed by atoms with E-state index in [1.165, 1.54) is 32.1 Å². The average molecular weight is 291 g/mol. The minimum Gasteiger partial charge on any atom is -0.354 e. The van der Waals surface area contributed by atoms with Gasteiger partial charge in [-0.25, -0.2) is 0 Å². The molecule has 1 saturated carbocycles. The fraction of sp³-hybridized carbons (Fsp3) is 0.933. The summed E-state index contributed by atoms with van der Waals surface area (Å²) in [5, 5.41) is 3.08. The first-order valence-corrected chi connectivity index (χ1v) is 7.68. The van der Waals surface area contributed by atoms with Gasteiger partial charge in [-0.15, -0.1) is 12.4 Å². The molecule has 1 amide bonds. The molecule has 0 spiro atoms. The first-order chi connectivity index (χ1) is 8.61. The zero-order chi connectivity index (χ0) is 13.4. The first-order valence-electron chi connectivity index (χ1n) is 7.68. The summed E-state index contributed by atoms with van der Waals surface area (Å²) in [6.07, 6.45) is 10.3. The van der Waals surface area contributed by atoms with Crippen LogP contribution in [0.4, 0.5) is 0 Å². The van der Waals surface area contributed by atoms with Gasteiger partial charge in [0, 0.05) is 18.0 Å². The smallest absolute Gasteiger partial charge is 0.223 e. The minimum atomic E-state index is -0.225. The van der Waals surface area contributed by atoms with E-state index >= 15 is 0 Å². The maximum Gasteiger partial charge on any atom is 0.223 e. The molecule has 1 fully saturated rings. The molecule has 0 radical (unpaired) electrons. The molecular weight excluding hydrogens is 260 g/mol. The molecule has 1 aliphatic carbocycles. The van der Waals surface area contributed by atoms with Crippen LogP contribution in [0.2, 0.25) is 0 Å². The predicted molar refractivity (Wildman–Crippen MR) is 83.6 cm³/mol. The van der Waals surface area contributed by atoms with Crippen molar-refractivity contribution in [3.05, 3.63) is 0 Å². The molecule has 114 valence electrons. The first kappa shape index (κ1) is 18.7. The number of carbonyl (C=O) groups is 1. The molecule has 0 aromatic carbocycles. The Kier molecular flexibility index (Phi) is 9.46. The molecule has 0 aliphatic heterocycles. The molecule has 0 bridgehead atoms. The maximum atomic E-state index is 12.2. The molecule has 0 unspecified atom stereocenters. The van der Waals surface area contributed by atoms with Crippen LogP contribution in [0.25, 0.3) is 0 Å². The maximum absolute atomic E-state index is 12.2. The van der Waals surface area contributed by atoms with E-state index in [0.717, 1.165) is 25.7 Å². The Morgan fingerprint density at radius 2 is 1.58 bits per heavy atom. The van der Waals surface area contributed by atoms with Gasteiger partial charge in [-0.1, -0.05) is 46.0 Å². The van der Waals surface area contributed by atoms with Crippen LogP contribution < -0.4 is 11.1 Å². The molecule has 0 atom stereocenters. The largest absolute Gasteiger partial charge is 0.354 e. The van der Waals surface area contributed by atoms with Crippen LogP contribution >= 0.6 is 12.4 Å². The third-order valence-corrected chi connectivity index (χ3v) is 4.50. The van der Waals surface area contributed by atoms with Crippen molar-refractivity contribution in [1.82, 2.24) is 5.32 Å². The number of nitrogens with one attached hydrogen (secondary N) is 1. The number of nitrogens with two attached hydrogens (primary N) is 1. The molecule has 19 heavy (non-hydrogen) atoms. The van der Waals surface area contributed by atoms with Gasteiger partial charge in [-0.05, 0) is 25.7 Å². The van der Waals surface area contributed by atoms with Crippen LogP contribution in [-0.2, 0) is 4.79 Å². The lowest BCUT2D eigenvalue weighted by Gasteiger charge is -2.28. The van der Waals surface area contributed by atoms with Gasteiger partial charge in [0.1, 0.15) is 0 Å². The van der Waals surface area contributed by atoms with Crippen molar-refractivity contribution in [3.8, 4) is 0 Å². The minimum absolute atomic E-state index is 0. The number of amides is 1. The van der Waals surface area contributed by atoms with E-state index in [0.29, 0.717) is 6.54 Å². The fourth-order valence-electron chi connectivity index (χ4n) is 2.63. The fourth-order valence-corrected chi connectivity index (χ4v) is 2.63. The summed E-state index contributed by atoms with van der Waals surface area (Å²) in [6, 6.07) is 0. The van der Waals surface area contributed by atoms with Gasteiger partial charge in [0.2, 0.25) is 5.91 Å². The second-order valence-electron chi connectivity index (χ2n) is 5.83. The predicted octanol–water partition coefficient (Wildman–Crippen LogP) is 3.40. The van der Waals surface area contributed by atoms with Crippen LogP contribution in [-0.4, -0.2) is 18.0 Å². The van der Waals surface area contributed by atoms with Crippen LogP contribution in [0.15, 0.2) is 0 Å². The summed E-state index contributed by atoms with van der Waals surface area (Å²) in [7, 11) is 0. The lowest BCUT2D eigenvalue weighted by molar-refractivity contribution is -0.125. The summed E-state index contributed by atoms with van der Waals surface area (Å²) >= 11 is 0. The SMILES string of the molecule is CCC(N)(CC)CNC(=O)C1CCCCCCC1.Cl. The highest BCUT2D eigenvalue weighted by Crippen LogP contribution is 2.22. The molecule has 3 nitrogen and oxygen atoms in total. The zero-order valence-electron chi connectivity index (χ0n) is 12.5. The van der Waals surface area contributed by atoms with Crippen molar-refractivity contribution in [2.24, 2.45) is 11.7 Å². The quantitative estimate of drug-likeness (QED) is 0.815. The molecule has 1 rings (SSSR count). The summed E-state index contributed by atoms with van der Waals surface area (Å²) in [6.45, 7) is 4.80. The van der Waals surface area contributed by atoms with E-state index < -0.39 is 0 Å². The summed E-state index contributed by atoms with van der Waals surface area (Å²) in [4.78, 5) is 12.2. The van der Waals surface area contributed by atoms with E-state index in [-0.39, 0.29) is 29.8 Å². The lowest BCUT2D eigenvalue weighted by atomic mass is 9.89. The van der Waals surface area contributed by atoms with E-state index in [1.807, 2.05) is 0 Å². The van der Waals surface area contributed by atoms with Gasteiger partial charge in [0.25, 0.3) is 0 Å². The van der Waals surface area contributed by atoms with E-state index in [9.17, 15) is 4.79 Å². The third kappa shape index (κ3) is 6.62. The number of halogens is 1. The Labute approximate surface area is 124 Å². The summed E-state index contributed by atoms with van der Waals surface area (Å²) in [5.74, 6) is 0.455. The average Bonchev–Trinajstić information content (AvgIpc) is 2.35. The molecule has 4 heteroatoms. The van der Waals surface area contributed by atoms with Crippen LogP contribution in [0.1, 0.15) is 71.6 Å². The lowest BCUT2D eigenvalue weighted by Crippen LogP contribution is -2.50. The molecule has 0 saturated heterocycles. The summed E-state index contributed by atoms with van der Waals surface area (Å²) in [5.41, 5.74) is 5.99.